The third-order valence-corrected chi connectivity index (χ3v) is 19.8. The van der Waals surface area contributed by atoms with Gasteiger partial charge in [0.05, 0.1) is 44.1 Å². The first-order chi connectivity index (χ1) is 41.8. The summed E-state index contributed by atoms with van der Waals surface area (Å²) in [5.74, 6) is 0.946. The number of para-hydroxylation sites is 5. The first-order valence-corrected chi connectivity index (χ1v) is 30.3. The molecule has 17 rings (SSSR count). The van der Waals surface area contributed by atoms with Crippen molar-refractivity contribution in [3.8, 4) is 50.4 Å². The molecule has 0 saturated heterocycles. The Hall–Kier alpha value is -10.2. The molecule has 4 heterocycles. The van der Waals surface area contributed by atoms with Gasteiger partial charge in [0.15, 0.2) is 0 Å². The lowest BCUT2D eigenvalue weighted by Gasteiger charge is -2.42. The second kappa shape index (κ2) is 18.7. The predicted molar refractivity (Wildman–Crippen MR) is 362 cm³/mol. The molecule has 0 fully saturated rings. The number of benzene rings is 11. The van der Waals surface area contributed by atoms with Crippen molar-refractivity contribution in [2.75, 3.05) is 0 Å². The molecule has 4 heteroatoms. The molecule has 0 saturated carbocycles. The highest BCUT2D eigenvalue weighted by atomic mass is 15.0. The van der Waals surface area contributed by atoms with Gasteiger partial charge >= 0.3 is 0 Å². The molecule has 2 aliphatic carbocycles. The molecule has 0 radical (unpaired) electrons. The molecule has 2 aliphatic rings. The number of fused-ring (bicyclic) bond motifs is 14. The number of nitrogens with zero attached hydrogens (tertiary/aromatic N) is 4. The van der Waals surface area contributed by atoms with E-state index in [0.717, 1.165) is 5.70 Å². The molecule has 406 valence electrons. The summed E-state index contributed by atoms with van der Waals surface area (Å²) in [4.78, 5) is 0. The highest BCUT2D eigenvalue weighted by Gasteiger charge is 2.42. The maximum absolute atomic E-state index is 4.07. The summed E-state index contributed by atoms with van der Waals surface area (Å²) < 4.78 is 9.98. The first-order valence-electron chi connectivity index (χ1n) is 30.3. The monoisotopic (exact) mass is 1090 g/mol. The maximum atomic E-state index is 4.07. The molecular formula is C81H62N4. The van der Waals surface area contributed by atoms with Crippen molar-refractivity contribution in [3.63, 3.8) is 0 Å². The van der Waals surface area contributed by atoms with E-state index in [1.807, 2.05) is 6.08 Å². The van der Waals surface area contributed by atoms with Gasteiger partial charge in [-0.25, -0.2) is 0 Å². The summed E-state index contributed by atoms with van der Waals surface area (Å²) in [6.45, 7) is 16.2. The minimum atomic E-state index is 0.229. The van der Waals surface area contributed by atoms with Crippen LogP contribution in [0.25, 0.3) is 143 Å². The van der Waals surface area contributed by atoms with Crippen LogP contribution in [0.3, 0.4) is 0 Å². The van der Waals surface area contributed by atoms with Crippen LogP contribution < -0.4 is 0 Å². The molecule has 11 aromatic carbocycles. The van der Waals surface area contributed by atoms with E-state index in [1.54, 1.807) is 0 Å². The molecule has 15 aromatic rings. The second-order valence-electron chi connectivity index (χ2n) is 24.1. The zero-order chi connectivity index (χ0) is 56.9. The van der Waals surface area contributed by atoms with Crippen LogP contribution in [-0.4, -0.2) is 18.3 Å². The Morgan fingerprint density at radius 1 is 0.353 bits per heavy atom. The Kier molecular flexibility index (Phi) is 10.9. The van der Waals surface area contributed by atoms with Gasteiger partial charge in [-0.1, -0.05) is 162 Å². The van der Waals surface area contributed by atoms with Gasteiger partial charge in [0.1, 0.15) is 0 Å². The van der Waals surface area contributed by atoms with E-state index in [1.165, 1.54) is 160 Å². The second-order valence-corrected chi connectivity index (χ2v) is 24.1. The minimum absolute atomic E-state index is 0.229. The van der Waals surface area contributed by atoms with Crippen LogP contribution in [0, 0.1) is 0 Å². The van der Waals surface area contributed by atoms with Crippen molar-refractivity contribution in [2.45, 2.75) is 58.3 Å². The van der Waals surface area contributed by atoms with Crippen LogP contribution in [0.15, 0.2) is 255 Å². The van der Waals surface area contributed by atoms with Crippen molar-refractivity contribution in [1.82, 2.24) is 18.3 Å². The Morgan fingerprint density at radius 2 is 0.706 bits per heavy atom. The lowest BCUT2D eigenvalue weighted by Crippen LogP contribution is -2.24. The minimum Gasteiger partial charge on any atom is -0.309 e. The normalized spacial score (nSPS) is 16.8. The standard InChI is InChI=1S/C81H62N4/c1-7-22-56(23-8-2)82-70-32-20-18-30-60(70)64-42-52(34-38-72(64)82)54-36-40-74-66(44-54)68-46-62-48(3)51(6)77-79-63(49(4)50(5)76(78(62)79)80(68)84(74)58-26-14-10-15-27-58)47-69-67-45-55(37-41-75(67)85(81(69)77)59-28-16-11-17-29-59)53-35-39-73-65(43-53)61-31-19-21-33-71(61)83(73)57-24-12-9-13-25-57/h7-51H,1H2,2-6H3/b23-8-,56-22+. The summed E-state index contributed by atoms with van der Waals surface area (Å²) in [5, 5.41) is 10.2. The van der Waals surface area contributed by atoms with Crippen molar-refractivity contribution >= 4 is 92.9 Å². The summed E-state index contributed by atoms with van der Waals surface area (Å²) in [5.41, 5.74) is 28.2. The molecule has 0 amide bonds. The predicted octanol–water partition coefficient (Wildman–Crippen LogP) is 22.1. The van der Waals surface area contributed by atoms with E-state index in [4.69, 9.17) is 0 Å². The maximum Gasteiger partial charge on any atom is 0.0582 e. The molecule has 0 aliphatic heterocycles. The van der Waals surface area contributed by atoms with Gasteiger partial charge in [0.25, 0.3) is 0 Å². The van der Waals surface area contributed by atoms with Gasteiger partial charge in [-0.15, -0.1) is 0 Å². The van der Waals surface area contributed by atoms with E-state index in [-0.39, 0.29) is 23.7 Å². The zero-order valence-electron chi connectivity index (χ0n) is 48.5. The number of hydrogen-bond donors (Lipinski definition) is 0. The zero-order valence-corrected chi connectivity index (χ0v) is 48.5. The van der Waals surface area contributed by atoms with Crippen LogP contribution in [-0.2, 0) is 0 Å². The van der Waals surface area contributed by atoms with Crippen LogP contribution >= 0.6 is 0 Å². The average Bonchev–Trinajstić information content (AvgIpc) is 1.76. The van der Waals surface area contributed by atoms with E-state index in [0.29, 0.717) is 0 Å². The molecule has 0 bridgehead atoms. The van der Waals surface area contributed by atoms with Crippen LogP contribution in [0.5, 0.6) is 0 Å². The fourth-order valence-corrected chi connectivity index (χ4v) is 15.6. The highest BCUT2D eigenvalue weighted by Crippen LogP contribution is 2.62. The quantitative estimate of drug-likeness (QED) is 0.135. The fraction of sp³-hybridized carbons (Fsp3) is 0.111. The summed E-state index contributed by atoms with van der Waals surface area (Å²) in [6, 6.07) is 84.5. The summed E-state index contributed by atoms with van der Waals surface area (Å²) >= 11 is 0. The van der Waals surface area contributed by atoms with E-state index in [9.17, 15) is 0 Å². The molecule has 4 atom stereocenters. The summed E-state index contributed by atoms with van der Waals surface area (Å²) in [7, 11) is 0. The summed E-state index contributed by atoms with van der Waals surface area (Å²) in [6.07, 6.45) is 8.25. The number of aromatic nitrogens is 4. The Labute approximate surface area is 494 Å². The third-order valence-electron chi connectivity index (χ3n) is 19.8. The van der Waals surface area contributed by atoms with Gasteiger partial charge in [-0.3, -0.25) is 0 Å². The first kappa shape index (κ1) is 49.4. The molecule has 4 aromatic heterocycles. The van der Waals surface area contributed by atoms with E-state index >= 15 is 0 Å². The SMILES string of the molecule is C=C/C=C(\C=C/C)n1c2ccccc2c2cc(-c3ccc4c(c3)c3cc5c6c(c3n4-c3ccccc3)C(C)C(C)c3cc4c7cc(-c8ccc9c(c8)c8ccccc8n9-c8ccccc8)ccc7n(-c7ccccc7)c4c(c3-6)C(C)C5C)ccc21. The Balaban J connectivity index is 0.899. The van der Waals surface area contributed by atoms with Crippen molar-refractivity contribution < 1.29 is 0 Å². The lowest BCUT2D eigenvalue weighted by atomic mass is 9.62. The van der Waals surface area contributed by atoms with Crippen LogP contribution in [0.1, 0.15) is 80.5 Å². The van der Waals surface area contributed by atoms with Crippen molar-refractivity contribution in [2.24, 2.45) is 0 Å². The topological polar surface area (TPSA) is 19.7 Å². The van der Waals surface area contributed by atoms with Gasteiger partial charge in [-0.2, -0.15) is 0 Å². The number of allylic oxidation sites excluding steroid dienone is 5. The van der Waals surface area contributed by atoms with Crippen molar-refractivity contribution in [3.05, 3.63) is 278 Å². The van der Waals surface area contributed by atoms with Gasteiger partial charge in [0, 0.05) is 65.8 Å². The number of hydrogen-bond acceptors (Lipinski definition) is 0. The van der Waals surface area contributed by atoms with Gasteiger partial charge in [0.2, 0.25) is 0 Å². The number of rotatable bonds is 8. The fourth-order valence-electron chi connectivity index (χ4n) is 15.6. The Morgan fingerprint density at radius 3 is 1.16 bits per heavy atom. The molecule has 0 spiro atoms. The van der Waals surface area contributed by atoms with Crippen LogP contribution in [0.2, 0.25) is 0 Å². The molecule has 4 unspecified atom stereocenters. The van der Waals surface area contributed by atoms with Crippen LogP contribution in [0.4, 0.5) is 0 Å². The lowest BCUT2D eigenvalue weighted by molar-refractivity contribution is 0.584. The van der Waals surface area contributed by atoms with Crippen molar-refractivity contribution in [1.29, 1.82) is 0 Å². The van der Waals surface area contributed by atoms with Gasteiger partial charge in [-0.05, 0) is 208 Å². The highest BCUT2D eigenvalue weighted by molar-refractivity contribution is 6.19. The third kappa shape index (κ3) is 6.97. The van der Waals surface area contributed by atoms with E-state index in [2.05, 4.69) is 302 Å². The molecular weight excluding hydrogens is 1030 g/mol. The largest absolute Gasteiger partial charge is 0.309 e. The molecule has 0 N–H and O–H groups in total. The smallest absolute Gasteiger partial charge is 0.0582 e. The molecule has 4 nitrogen and oxygen atoms in total. The average molecular weight is 1090 g/mol. The molecule has 85 heavy (non-hydrogen) atoms. The van der Waals surface area contributed by atoms with Gasteiger partial charge < -0.3 is 18.3 Å². The van der Waals surface area contributed by atoms with E-state index < -0.39 is 0 Å². The Bertz CT molecular complexity index is 5390.